The van der Waals surface area contributed by atoms with Crippen LogP contribution in [0.25, 0.3) is 0 Å². The van der Waals surface area contributed by atoms with Crippen molar-refractivity contribution in [3.8, 4) is 0 Å². The average Bonchev–Trinajstić information content (AvgIpc) is 2.82. The minimum Gasteiger partial charge on any atom is -0.392 e. The van der Waals surface area contributed by atoms with Gasteiger partial charge in [0.25, 0.3) is 5.91 Å². The molecule has 0 aliphatic rings. The largest absolute Gasteiger partial charge is 0.392 e. The Balaban J connectivity index is 2.04. The summed E-state index contributed by atoms with van der Waals surface area (Å²) in [5.74, 6) is -0.346. The van der Waals surface area contributed by atoms with Crippen molar-refractivity contribution in [2.24, 2.45) is 0 Å². The number of hydrogen-bond donors (Lipinski definition) is 2. The Morgan fingerprint density at radius 1 is 1.33 bits per heavy atom. The highest BCUT2D eigenvalue weighted by molar-refractivity contribution is 5.92. The molecule has 1 aromatic heterocycles. The van der Waals surface area contributed by atoms with E-state index in [0.29, 0.717) is 12.2 Å². The minimum atomic E-state index is -0.346. The summed E-state index contributed by atoms with van der Waals surface area (Å²) in [6, 6.07) is 7.34. The summed E-state index contributed by atoms with van der Waals surface area (Å²) in [5.41, 5.74) is 2.27. The van der Waals surface area contributed by atoms with E-state index in [1.807, 2.05) is 24.3 Å². The van der Waals surface area contributed by atoms with Crippen LogP contribution in [-0.4, -0.2) is 21.3 Å². The van der Waals surface area contributed by atoms with Crippen molar-refractivity contribution in [2.75, 3.05) is 0 Å². The maximum atomic E-state index is 11.8. The summed E-state index contributed by atoms with van der Waals surface area (Å²) >= 11 is 0. The molecule has 0 spiro atoms. The van der Waals surface area contributed by atoms with Crippen LogP contribution < -0.4 is 5.32 Å². The topological polar surface area (TPSA) is 88.2 Å². The van der Waals surface area contributed by atoms with Gasteiger partial charge in [-0.3, -0.25) is 4.79 Å². The Hall–Kier alpha value is -2.21. The van der Waals surface area contributed by atoms with Crippen molar-refractivity contribution >= 4 is 5.91 Å². The van der Waals surface area contributed by atoms with Crippen molar-refractivity contribution in [2.45, 2.75) is 20.1 Å². The first kappa shape index (κ1) is 12.3. The van der Waals surface area contributed by atoms with E-state index >= 15 is 0 Å². The molecule has 2 rings (SSSR count). The van der Waals surface area contributed by atoms with Gasteiger partial charge < -0.3 is 10.4 Å². The summed E-state index contributed by atoms with van der Waals surface area (Å²) in [6.45, 7) is 1.91. The van der Waals surface area contributed by atoms with Crippen LogP contribution in [0, 0.1) is 6.92 Å². The second kappa shape index (κ2) is 5.42. The predicted molar refractivity (Wildman–Crippen MR) is 62.6 cm³/mol. The van der Waals surface area contributed by atoms with E-state index in [0.717, 1.165) is 11.1 Å². The molecule has 6 heteroatoms. The maximum absolute atomic E-state index is 11.8. The standard InChI is InChI=1S/C12H13N3O3/c1-8-11(15-18-14-8)12(17)13-6-9-4-2-3-5-10(9)7-16/h2-5,16H,6-7H2,1H3,(H,13,17). The molecule has 1 amide bonds. The molecule has 0 aliphatic heterocycles. The highest BCUT2D eigenvalue weighted by Gasteiger charge is 2.14. The number of rotatable bonds is 4. The Labute approximate surface area is 104 Å². The first-order valence-corrected chi connectivity index (χ1v) is 5.47. The van der Waals surface area contributed by atoms with Gasteiger partial charge in [0, 0.05) is 6.54 Å². The highest BCUT2D eigenvalue weighted by Crippen LogP contribution is 2.08. The minimum absolute atomic E-state index is 0.0589. The summed E-state index contributed by atoms with van der Waals surface area (Å²) in [5, 5.41) is 18.9. The van der Waals surface area contributed by atoms with Gasteiger partial charge in [-0.25, -0.2) is 4.63 Å². The summed E-state index contributed by atoms with van der Waals surface area (Å²) < 4.78 is 4.46. The highest BCUT2D eigenvalue weighted by atomic mass is 16.6. The zero-order valence-electron chi connectivity index (χ0n) is 9.88. The van der Waals surface area contributed by atoms with Crippen molar-refractivity contribution in [3.05, 3.63) is 46.8 Å². The molecule has 0 bridgehead atoms. The lowest BCUT2D eigenvalue weighted by molar-refractivity contribution is 0.0940. The molecule has 0 saturated carbocycles. The van der Waals surface area contributed by atoms with Crippen molar-refractivity contribution in [3.63, 3.8) is 0 Å². The van der Waals surface area contributed by atoms with Gasteiger partial charge in [0.05, 0.1) is 6.61 Å². The van der Waals surface area contributed by atoms with Crippen LogP contribution in [0.4, 0.5) is 0 Å². The van der Waals surface area contributed by atoms with Crippen LogP contribution >= 0.6 is 0 Å². The average molecular weight is 247 g/mol. The van der Waals surface area contributed by atoms with Gasteiger partial charge in [-0.1, -0.05) is 29.4 Å². The van der Waals surface area contributed by atoms with Gasteiger partial charge in [0.1, 0.15) is 5.69 Å². The number of carbonyl (C=O) groups is 1. The van der Waals surface area contributed by atoms with Gasteiger partial charge in [0.2, 0.25) is 0 Å². The smallest absolute Gasteiger partial charge is 0.275 e. The third-order valence-electron chi connectivity index (χ3n) is 2.60. The first-order chi connectivity index (χ1) is 8.72. The van der Waals surface area contributed by atoms with E-state index in [-0.39, 0.29) is 18.2 Å². The summed E-state index contributed by atoms with van der Waals surface area (Å²) in [6.07, 6.45) is 0. The second-order valence-corrected chi connectivity index (χ2v) is 3.81. The van der Waals surface area contributed by atoms with Crippen LogP contribution in [-0.2, 0) is 13.2 Å². The summed E-state index contributed by atoms with van der Waals surface area (Å²) in [7, 11) is 0. The fraction of sp³-hybridized carbons (Fsp3) is 0.250. The number of amides is 1. The molecule has 2 N–H and O–H groups in total. The fourth-order valence-corrected chi connectivity index (χ4v) is 1.58. The van der Waals surface area contributed by atoms with Crippen LogP contribution in [0.3, 0.4) is 0 Å². The molecular weight excluding hydrogens is 234 g/mol. The number of aliphatic hydroxyl groups is 1. The molecule has 2 aromatic rings. The van der Waals surface area contributed by atoms with E-state index in [4.69, 9.17) is 5.11 Å². The Kier molecular flexibility index (Phi) is 3.69. The number of aliphatic hydroxyl groups excluding tert-OH is 1. The molecule has 6 nitrogen and oxygen atoms in total. The summed E-state index contributed by atoms with van der Waals surface area (Å²) in [4.78, 5) is 11.8. The fourth-order valence-electron chi connectivity index (χ4n) is 1.58. The van der Waals surface area contributed by atoms with Crippen LogP contribution in [0.1, 0.15) is 27.3 Å². The monoisotopic (exact) mass is 247 g/mol. The predicted octanol–water partition coefficient (Wildman–Crippen LogP) is 0.800. The molecule has 94 valence electrons. The second-order valence-electron chi connectivity index (χ2n) is 3.81. The van der Waals surface area contributed by atoms with E-state index in [1.54, 1.807) is 6.92 Å². The zero-order chi connectivity index (χ0) is 13.0. The SMILES string of the molecule is Cc1nonc1C(=O)NCc1ccccc1CO. The third kappa shape index (κ3) is 2.54. The number of nitrogens with zero attached hydrogens (tertiary/aromatic N) is 2. The number of nitrogens with one attached hydrogen (secondary N) is 1. The molecule has 0 atom stereocenters. The molecule has 0 aliphatic carbocycles. The molecule has 0 saturated heterocycles. The number of hydrogen-bond acceptors (Lipinski definition) is 5. The number of aryl methyl sites for hydroxylation is 1. The molecular formula is C12H13N3O3. The molecule has 0 fully saturated rings. The lowest BCUT2D eigenvalue weighted by Crippen LogP contribution is -2.24. The van der Waals surface area contributed by atoms with Gasteiger partial charge in [-0.2, -0.15) is 0 Å². The quantitative estimate of drug-likeness (QED) is 0.834. The Morgan fingerprint density at radius 3 is 2.67 bits per heavy atom. The van der Waals surface area contributed by atoms with E-state index < -0.39 is 0 Å². The van der Waals surface area contributed by atoms with E-state index in [1.165, 1.54) is 0 Å². The van der Waals surface area contributed by atoms with Crippen molar-refractivity contribution in [1.82, 2.24) is 15.6 Å². The van der Waals surface area contributed by atoms with Gasteiger partial charge in [0.15, 0.2) is 5.69 Å². The lowest BCUT2D eigenvalue weighted by Gasteiger charge is -2.07. The zero-order valence-corrected chi connectivity index (χ0v) is 9.88. The molecule has 1 aromatic carbocycles. The van der Waals surface area contributed by atoms with Gasteiger partial charge in [-0.05, 0) is 23.2 Å². The molecule has 0 unspecified atom stereocenters. The maximum Gasteiger partial charge on any atom is 0.275 e. The van der Waals surface area contributed by atoms with Crippen molar-refractivity contribution in [1.29, 1.82) is 0 Å². The first-order valence-electron chi connectivity index (χ1n) is 5.47. The van der Waals surface area contributed by atoms with Gasteiger partial charge >= 0.3 is 0 Å². The van der Waals surface area contributed by atoms with E-state index in [9.17, 15) is 4.79 Å². The van der Waals surface area contributed by atoms with Gasteiger partial charge in [-0.15, -0.1) is 0 Å². The van der Waals surface area contributed by atoms with E-state index in [2.05, 4.69) is 20.3 Å². The Morgan fingerprint density at radius 2 is 2.06 bits per heavy atom. The number of aromatic nitrogens is 2. The number of benzene rings is 1. The molecule has 1 heterocycles. The van der Waals surface area contributed by atoms with Crippen LogP contribution in [0.15, 0.2) is 28.9 Å². The van der Waals surface area contributed by atoms with Crippen LogP contribution in [0.2, 0.25) is 0 Å². The Bertz CT molecular complexity index is 551. The normalized spacial score (nSPS) is 10.3. The number of carbonyl (C=O) groups excluding carboxylic acids is 1. The molecule has 0 radical (unpaired) electrons. The third-order valence-corrected chi connectivity index (χ3v) is 2.60. The molecule has 18 heavy (non-hydrogen) atoms. The lowest BCUT2D eigenvalue weighted by atomic mass is 10.1. The van der Waals surface area contributed by atoms with Crippen LogP contribution in [0.5, 0.6) is 0 Å². The van der Waals surface area contributed by atoms with Crippen molar-refractivity contribution < 1.29 is 14.5 Å².